The van der Waals surface area contributed by atoms with Crippen LogP contribution in [0.5, 0.6) is 0 Å². The molecule has 7 heteroatoms. The van der Waals surface area contributed by atoms with Crippen molar-refractivity contribution in [3.63, 3.8) is 0 Å². The smallest absolute Gasteiger partial charge is 0.350 e. The van der Waals surface area contributed by atoms with E-state index in [0.717, 1.165) is 17.3 Å². The van der Waals surface area contributed by atoms with Crippen LogP contribution in [-0.2, 0) is 13.2 Å². The lowest BCUT2D eigenvalue weighted by atomic mass is 10.0. The van der Waals surface area contributed by atoms with Crippen LogP contribution in [0.3, 0.4) is 0 Å². The van der Waals surface area contributed by atoms with E-state index < -0.39 is 11.7 Å². The second-order valence-corrected chi connectivity index (χ2v) is 5.41. The van der Waals surface area contributed by atoms with Gasteiger partial charge in [-0.15, -0.1) is 0 Å². The Labute approximate surface area is 129 Å². The Hall–Kier alpha value is -2.08. The quantitative estimate of drug-likeness (QED) is 0.611. The van der Waals surface area contributed by atoms with E-state index >= 15 is 0 Å². The summed E-state index contributed by atoms with van der Waals surface area (Å²) >= 11 is 5.71. The average Bonchev–Trinajstić information content (AvgIpc) is 2.74. The number of hydrogen-bond acceptors (Lipinski definition) is 2. The first kappa shape index (κ1) is 14.8. The summed E-state index contributed by atoms with van der Waals surface area (Å²) < 4.78 is 41.4. The van der Waals surface area contributed by atoms with E-state index in [9.17, 15) is 13.2 Å². The molecule has 0 unspecified atom stereocenters. The molecule has 0 amide bonds. The molecule has 22 heavy (non-hydrogen) atoms. The summed E-state index contributed by atoms with van der Waals surface area (Å²) in [5, 5.41) is 0.482. The fourth-order valence-electron chi connectivity index (χ4n) is 2.47. The number of aromatic nitrogens is 3. The minimum Gasteiger partial charge on any atom is -0.350 e. The van der Waals surface area contributed by atoms with E-state index in [1.54, 1.807) is 17.8 Å². The minimum absolute atomic E-state index is 0.205. The van der Waals surface area contributed by atoms with Crippen molar-refractivity contribution in [2.75, 3.05) is 0 Å². The van der Waals surface area contributed by atoms with Crippen molar-refractivity contribution in [3.8, 4) is 11.3 Å². The molecule has 0 aliphatic rings. The molecule has 2 heterocycles. The zero-order chi connectivity index (χ0) is 16.1. The molecule has 3 aromatic rings. The SMILES string of the molecule is Cc1ccc2c(c1)c(-c1nc(Cl)ncc1C(F)(F)F)cn2C. The first-order chi connectivity index (χ1) is 10.3. The fraction of sp³-hybridized carbons (Fsp3) is 0.200. The molecule has 2 aromatic heterocycles. The number of hydrogen-bond donors (Lipinski definition) is 0. The Morgan fingerprint density at radius 1 is 1.23 bits per heavy atom. The number of alkyl halides is 3. The number of fused-ring (bicyclic) bond motifs is 1. The van der Waals surface area contributed by atoms with Gasteiger partial charge < -0.3 is 4.57 Å². The summed E-state index contributed by atoms with van der Waals surface area (Å²) in [6.45, 7) is 1.88. The number of nitrogens with zero attached hydrogens (tertiary/aromatic N) is 3. The number of benzene rings is 1. The molecule has 0 saturated carbocycles. The highest BCUT2D eigenvalue weighted by atomic mass is 35.5. The topological polar surface area (TPSA) is 30.7 Å². The van der Waals surface area contributed by atoms with Gasteiger partial charge in [0.2, 0.25) is 5.28 Å². The maximum atomic E-state index is 13.2. The van der Waals surface area contributed by atoms with Gasteiger partial charge in [0.25, 0.3) is 0 Å². The van der Waals surface area contributed by atoms with Crippen molar-refractivity contribution in [3.05, 3.63) is 47.0 Å². The van der Waals surface area contributed by atoms with E-state index in [0.29, 0.717) is 10.9 Å². The Bertz CT molecular complexity index is 868. The Morgan fingerprint density at radius 2 is 1.95 bits per heavy atom. The van der Waals surface area contributed by atoms with E-state index in [-0.39, 0.29) is 11.0 Å². The van der Waals surface area contributed by atoms with Crippen LogP contribution in [-0.4, -0.2) is 14.5 Å². The molecule has 0 atom stereocenters. The molecular formula is C15H11ClF3N3. The Morgan fingerprint density at radius 3 is 2.64 bits per heavy atom. The normalized spacial score (nSPS) is 12.1. The third-order valence-corrected chi connectivity index (χ3v) is 3.65. The van der Waals surface area contributed by atoms with Crippen molar-refractivity contribution < 1.29 is 13.2 Å². The van der Waals surface area contributed by atoms with Crippen molar-refractivity contribution in [2.45, 2.75) is 13.1 Å². The highest BCUT2D eigenvalue weighted by Gasteiger charge is 2.36. The van der Waals surface area contributed by atoms with Crippen molar-refractivity contribution in [1.82, 2.24) is 14.5 Å². The maximum Gasteiger partial charge on any atom is 0.419 e. The summed E-state index contributed by atoms with van der Waals surface area (Å²) in [4.78, 5) is 7.29. The first-order valence-electron chi connectivity index (χ1n) is 6.43. The van der Waals surface area contributed by atoms with Gasteiger partial charge in [0.15, 0.2) is 0 Å². The second-order valence-electron chi connectivity index (χ2n) is 5.07. The standard InChI is InChI=1S/C15H11ClF3N3/c1-8-3-4-12-9(5-8)10(7-22(12)2)13-11(15(17,18)19)6-20-14(16)21-13/h3-7H,1-2H3. The van der Waals surface area contributed by atoms with Gasteiger partial charge in [-0.25, -0.2) is 9.97 Å². The number of rotatable bonds is 1. The van der Waals surface area contributed by atoms with Crippen LogP contribution in [0.2, 0.25) is 5.28 Å². The maximum absolute atomic E-state index is 13.2. The Balaban J connectivity index is 2.37. The minimum atomic E-state index is -4.55. The molecule has 0 spiro atoms. The molecule has 0 aliphatic carbocycles. The number of aryl methyl sites for hydroxylation is 2. The third kappa shape index (κ3) is 2.43. The van der Waals surface area contributed by atoms with E-state index in [2.05, 4.69) is 9.97 Å². The van der Waals surface area contributed by atoms with Crippen LogP contribution >= 0.6 is 11.6 Å². The van der Waals surface area contributed by atoms with Crippen LogP contribution in [0.15, 0.2) is 30.6 Å². The van der Waals surface area contributed by atoms with Gasteiger partial charge in [-0.1, -0.05) is 11.6 Å². The van der Waals surface area contributed by atoms with Gasteiger partial charge in [0, 0.05) is 35.9 Å². The zero-order valence-corrected chi connectivity index (χ0v) is 12.5. The predicted molar refractivity (Wildman–Crippen MR) is 78.7 cm³/mol. The predicted octanol–water partition coefficient (Wildman–Crippen LogP) is 4.62. The largest absolute Gasteiger partial charge is 0.419 e. The van der Waals surface area contributed by atoms with E-state index in [1.807, 2.05) is 25.1 Å². The van der Waals surface area contributed by atoms with Gasteiger partial charge in [-0.05, 0) is 30.7 Å². The average molecular weight is 326 g/mol. The van der Waals surface area contributed by atoms with Gasteiger partial charge in [-0.3, -0.25) is 0 Å². The van der Waals surface area contributed by atoms with Crippen molar-refractivity contribution in [2.24, 2.45) is 7.05 Å². The fourth-order valence-corrected chi connectivity index (χ4v) is 2.60. The molecule has 0 aliphatic heterocycles. The zero-order valence-electron chi connectivity index (χ0n) is 11.7. The second kappa shape index (κ2) is 4.98. The summed E-state index contributed by atoms with van der Waals surface area (Å²) in [6, 6.07) is 5.61. The van der Waals surface area contributed by atoms with E-state index in [1.165, 1.54) is 0 Å². The molecule has 3 rings (SSSR count). The highest BCUT2D eigenvalue weighted by Crippen LogP contribution is 2.39. The van der Waals surface area contributed by atoms with Crippen LogP contribution in [0.25, 0.3) is 22.2 Å². The number of halogens is 4. The summed E-state index contributed by atoms with van der Waals surface area (Å²) in [5.41, 5.74) is 1.06. The Kier molecular flexibility index (Phi) is 3.36. The molecule has 1 aromatic carbocycles. The highest BCUT2D eigenvalue weighted by molar-refractivity contribution is 6.28. The van der Waals surface area contributed by atoms with Crippen LogP contribution in [0, 0.1) is 6.92 Å². The summed E-state index contributed by atoms with van der Waals surface area (Å²) in [5.74, 6) is 0. The van der Waals surface area contributed by atoms with Gasteiger partial charge in [-0.2, -0.15) is 13.2 Å². The monoisotopic (exact) mass is 325 g/mol. The third-order valence-electron chi connectivity index (χ3n) is 3.46. The van der Waals surface area contributed by atoms with E-state index in [4.69, 9.17) is 11.6 Å². The molecular weight excluding hydrogens is 315 g/mol. The van der Waals surface area contributed by atoms with Gasteiger partial charge in [0.1, 0.15) is 5.56 Å². The molecule has 0 saturated heterocycles. The lowest BCUT2D eigenvalue weighted by Crippen LogP contribution is -2.09. The summed E-state index contributed by atoms with van der Waals surface area (Å²) in [6.07, 6.45) is -2.21. The lowest BCUT2D eigenvalue weighted by Gasteiger charge is -2.11. The summed E-state index contributed by atoms with van der Waals surface area (Å²) in [7, 11) is 1.78. The van der Waals surface area contributed by atoms with Gasteiger partial charge >= 0.3 is 6.18 Å². The van der Waals surface area contributed by atoms with Crippen LogP contribution in [0.4, 0.5) is 13.2 Å². The lowest BCUT2D eigenvalue weighted by molar-refractivity contribution is -0.137. The molecule has 114 valence electrons. The van der Waals surface area contributed by atoms with Crippen molar-refractivity contribution in [1.29, 1.82) is 0 Å². The van der Waals surface area contributed by atoms with Gasteiger partial charge in [0.05, 0.1) is 5.69 Å². The van der Waals surface area contributed by atoms with Crippen LogP contribution in [0.1, 0.15) is 11.1 Å². The first-order valence-corrected chi connectivity index (χ1v) is 6.81. The molecule has 3 nitrogen and oxygen atoms in total. The van der Waals surface area contributed by atoms with Crippen molar-refractivity contribution >= 4 is 22.5 Å². The molecule has 0 fully saturated rings. The molecule has 0 bridgehead atoms. The molecule has 0 radical (unpaired) electrons. The molecule has 0 N–H and O–H groups in total. The van der Waals surface area contributed by atoms with Crippen LogP contribution < -0.4 is 0 Å².